The highest BCUT2D eigenvalue weighted by molar-refractivity contribution is 5.59. The number of ether oxygens (including phenoxy) is 1. The van der Waals surface area contributed by atoms with Crippen LogP contribution >= 0.6 is 0 Å². The van der Waals surface area contributed by atoms with Gasteiger partial charge in [0.05, 0.1) is 5.60 Å². The molecule has 1 nitrogen and oxygen atoms in total. The SMILES string of the molecule is CC(C)=C1C(C)(C)[C@@]12OC2(C)C. The van der Waals surface area contributed by atoms with Gasteiger partial charge in [-0.05, 0) is 33.3 Å². The molecule has 1 heterocycles. The van der Waals surface area contributed by atoms with Gasteiger partial charge in [-0.1, -0.05) is 19.4 Å². The van der Waals surface area contributed by atoms with Crippen molar-refractivity contribution in [1.82, 2.24) is 0 Å². The molecule has 12 heavy (non-hydrogen) atoms. The molecule has 0 aromatic rings. The van der Waals surface area contributed by atoms with Gasteiger partial charge in [-0.15, -0.1) is 0 Å². The van der Waals surface area contributed by atoms with E-state index in [1.165, 1.54) is 11.1 Å². The molecule has 1 heteroatoms. The van der Waals surface area contributed by atoms with E-state index in [1.807, 2.05) is 0 Å². The maximum atomic E-state index is 5.83. The van der Waals surface area contributed by atoms with Crippen molar-refractivity contribution in [3.05, 3.63) is 11.1 Å². The standard InChI is InChI=1S/C11H18O/c1-7(2)8-9(3,4)11(8)10(5,6)12-11/h1-6H3/t11-/m0/s1. The summed E-state index contributed by atoms with van der Waals surface area (Å²) >= 11 is 0. The third kappa shape index (κ3) is 0.576. The minimum Gasteiger partial charge on any atom is -0.357 e. The zero-order chi connectivity index (χ0) is 9.36. The molecule has 1 saturated carbocycles. The highest BCUT2D eigenvalue weighted by Gasteiger charge is 2.86. The summed E-state index contributed by atoms with van der Waals surface area (Å²) in [6.45, 7) is 13.3. The van der Waals surface area contributed by atoms with Gasteiger partial charge in [0.1, 0.15) is 5.60 Å². The Morgan fingerprint density at radius 2 is 1.50 bits per heavy atom. The highest BCUT2D eigenvalue weighted by atomic mass is 16.6. The van der Waals surface area contributed by atoms with Crippen LogP contribution in [0.3, 0.4) is 0 Å². The summed E-state index contributed by atoms with van der Waals surface area (Å²) in [5.41, 5.74) is 3.45. The van der Waals surface area contributed by atoms with E-state index in [4.69, 9.17) is 4.74 Å². The van der Waals surface area contributed by atoms with Crippen LogP contribution in [0.5, 0.6) is 0 Å². The first-order valence-corrected chi connectivity index (χ1v) is 4.66. The lowest BCUT2D eigenvalue weighted by Crippen LogP contribution is -2.09. The number of allylic oxidation sites excluding steroid dienone is 1. The van der Waals surface area contributed by atoms with Crippen LogP contribution < -0.4 is 0 Å². The van der Waals surface area contributed by atoms with Crippen molar-refractivity contribution < 1.29 is 4.74 Å². The molecule has 0 radical (unpaired) electrons. The normalized spacial score (nSPS) is 40.0. The van der Waals surface area contributed by atoms with Gasteiger partial charge in [0.25, 0.3) is 0 Å². The fourth-order valence-electron chi connectivity index (χ4n) is 3.19. The van der Waals surface area contributed by atoms with Gasteiger partial charge in [-0.2, -0.15) is 0 Å². The van der Waals surface area contributed by atoms with Crippen molar-refractivity contribution in [2.75, 3.05) is 0 Å². The summed E-state index contributed by atoms with van der Waals surface area (Å²) in [4.78, 5) is 0. The Balaban J connectivity index is 2.43. The summed E-state index contributed by atoms with van der Waals surface area (Å²) in [5.74, 6) is 0. The van der Waals surface area contributed by atoms with Gasteiger partial charge >= 0.3 is 0 Å². The fraction of sp³-hybridized carbons (Fsp3) is 0.818. The Labute approximate surface area is 74.8 Å². The van der Waals surface area contributed by atoms with Crippen LogP contribution in [0.25, 0.3) is 0 Å². The second kappa shape index (κ2) is 1.65. The van der Waals surface area contributed by atoms with Crippen LogP contribution in [0.2, 0.25) is 0 Å². The van der Waals surface area contributed by atoms with E-state index in [9.17, 15) is 0 Å². The van der Waals surface area contributed by atoms with Crippen LogP contribution in [0.1, 0.15) is 41.5 Å². The average Bonchev–Trinajstić information content (AvgIpc) is 2.47. The van der Waals surface area contributed by atoms with Gasteiger partial charge in [0, 0.05) is 5.41 Å². The lowest BCUT2D eigenvalue weighted by atomic mass is 10.0. The quantitative estimate of drug-likeness (QED) is 0.398. The second-order valence-electron chi connectivity index (χ2n) is 5.29. The third-order valence-electron chi connectivity index (χ3n) is 3.51. The molecule has 0 aromatic heterocycles. The van der Waals surface area contributed by atoms with E-state index in [2.05, 4.69) is 41.5 Å². The van der Waals surface area contributed by atoms with E-state index in [-0.39, 0.29) is 16.6 Å². The molecule has 1 saturated heterocycles. The van der Waals surface area contributed by atoms with Gasteiger partial charge < -0.3 is 4.74 Å². The Kier molecular flexibility index (Phi) is 1.14. The predicted octanol–water partition coefficient (Wildman–Crippen LogP) is 2.91. The molecule has 2 rings (SSSR count). The molecule has 0 unspecified atom stereocenters. The van der Waals surface area contributed by atoms with Gasteiger partial charge in [0.2, 0.25) is 0 Å². The highest BCUT2D eigenvalue weighted by Crippen LogP contribution is 2.79. The van der Waals surface area contributed by atoms with Crippen LogP contribution in [-0.4, -0.2) is 11.2 Å². The number of rotatable bonds is 0. The first-order chi connectivity index (χ1) is 5.27. The summed E-state index contributed by atoms with van der Waals surface area (Å²) in [7, 11) is 0. The van der Waals surface area contributed by atoms with E-state index < -0.39 is 0 Å². The predicted molar refractivity (Wildman–Crippen MR) is 50.1 cm³/mol. The second-order valence-corrected chi connectivity index (χ2v) is 5.29. The van der Waals surface area contributed by atoms with Crippen molar-refractivity contribution in [3.63, 3.8) is 0 Å². The molecular weight excluding hydrogens is 148 g/mol. The summed E-state index contributed by atoms with van der Waals surface area (Å²) in [6, 6.07) is 0. The maximum absolute atomic E-state index is 5.83. The van der Waals surface area contributed by atoms with Crippen LogP contribution in [-0.2, 0) is 4.74 Å². The van der Waals surface area contributed by atoms with E-state index in [0.29, 0.717) is 0 Å². The van der Waals surface area contributed by atoms with Crippen molar-refractivity contribution in [2.45, 2.75) is 52.7 Å². The molecule has 0 aromatic carbocycles. The average molecular weight is 166 g/mol. The Morgan fingerprint density at radius 3 is 1.58 bits per heavy atom. The monoisotopic (exact) mass is 166 g/mol. The minimum absolute atomic E-state index is 0.0864. The third-order valence-corrected chi connectivity index (χ3v) is 3.51. The fourth-order valence-corrected chi connectivity index (χ4v) is 3.19. The molecule has 1 aliphatic carbocycles. The van der Waals surface area contributed by atoms with Crippen molar-refractivity contribution >= 4 is 0 Å². The Morgan fingerprint density at radius 1 is 1.08 bits per heavy atom. The smallest absolute Gasteiger partial charge is 0.128 e. The summed E-state index contributed by atoms with van der Waals surface area (Å²) in [6.07, 6.45) is 0. The lowest BCUT2D eigenvalue weighted by Gasteiger charge is -1.95. The van der Waals surface area contributed by atoms with E-state index in [0.717, 1.165) is 0 Å². The Bertz CT molecular complexity index is 279. The minimum atomic E-state index is 0.0864. The van der Waals surface area contributed by atoms with Crippen molar-refractivity contribution in [2.24, 2.45) is 5.41 Å². The Hall–Kier alpha value is -0.300. The zero-order valence-corrected chi connectivity index (χ0v) is 8.91. The molecule has 1 spiro atoms. The molecule has 0 amide bonds. The molecule has 1 atom stereocenters. The van der Waals surface area contributed by atoms with Crippen LogP contribution in [0.4, 0.5) is 0 Å². The molecule has 0 bridgehead atoms. The number of hydrogen-bond donors (Lipinski definition) is 0. The molecule has 2 fully saturated rings. The topological polar surface area (TPSA) is 12.5 Å². The number of hydrogen-bond acceptors (Lipinski definition) is 1. The van der Waals surface area contributed by atoms with E-state index >= 15 is 0 Å². The first kappa shape index (κ1) is 8.31. The molecule has 0 N–H and O–H groups in total. The number of epoxide rings is 1. The van der Waals surface area contributed by atoms with Crippen molar-refractivity contribution in [1.29, 1.82) is 0 Å². The first-order valence-electron chi connectivity index (χ1n) is 4.66. The summed E-state index contributed by atoms with van der Waals surface area (Å²) in [5, 5.41) is 0. The largest absolute Gasteiger partial charge is 0.357 e. The van der Waals surface area contributed by atoms with Gasteiger partial charge in [-0.3, -0.25) is 0 Å². The van der Waals surface area contributed by atoms with Crippen LogP contribution in [0, 0.1) is 5.41 Å². The molecular formula is C11H18O. The van der Waals surface area contributed by atoms with Crippen LogP contribution in [0.15, 0.2) is 11.1 Å². The molecule has 68 valence electrons. The van der Waals surface area contributed by atoms with Gasteiger partial charge in [-0.25, -0.2) is 0 Å². The summed E-state index contributed by atoms with van der Waals surface area (Å²) < 4.78 is 5.83. The lowest BCUT2D eigenvalue weighted by molar-refractivity contribution is 0.303. The van der Waals surface area contributed by atoms with E-state index in [1.54, 1.807) is 0 Å². The molecule has 2 aliphatic rings. The molecule has 1 aliphatic heterocycles. The maximum Gasteiger partial charge on any atom is 0.128 e. The van der Waals surface area contributed by atoms with Crippen molar-refractivity contribution in [3.8, 4) is 0 Å². The van der Waals surface area contributed by atoms with Gasteiger partial charge in [0.15, 0.2) is 0 Å². The zero-order valence-electron chi connectivity index (χ0n) is 8.91.